The highest BCUT2D eigenvalue weighted by atomic mass is 127. The molecule has 6 aromatic rings. The summed E-state index contributed by atoms with van der Waals surface area (Å²) in [6, 6.07) is 48.1. The molecule has 1 saturated heterocycles. The summed E-state index contributed by atoms with van der Waals surface area (Å²) in [6.07, 6.45) is 5.56. The van der Waals surface area contributed by atoms with Crippen LogP contribution in [0.2, 0.25) is 0 Å². The Kier molecular flexibility index (Phi) is 17.1. The van der Waals surface area contributed by atoms with Gasteiger partial charge in [0, 0.05) is 44.7 Å². The molecule has 11 heteroatoms. The second-order valence-corrected chi connectivity index (χ2v) is 17.4. The van der Waals surface area contributed by atoms with Crippen molar-refractivity contribution in [3.8, 4) is 5.75 Å². The van der Waals surface area contributed by atoms with Crippen LogP contribution in [0.15, 0.2) is 140 Å². The fourth-order valence-electron chi connectivity index (χ4n) is 7.20. The van der Waals surface area contributed by atoms with E-state index in [4.69, 9.17) is 19.1 Å². The first-order chi connectivity index (χ1) is 28.3. The fraction of sp³-hybridized carbons (Fsp3) is 0.340. The van der Waals surface area contributed by atoms with E-state index in [1.165, 1.54) is 28.7 Å². The summed E-state index contributed by atoms with van der Waals surface area (Å²) in [7, 11) is -3.86. The molecule has 7 rings (SSSR count). The molecule has 1 N–H and O–H groups in total. The predicted molar refractivity (Wildman–Crippen MR) is 241 cm³/mol. The van der Waals surface area contributed by atoms with Gasteiger partial charge in [-0.15, -0.1) is 0 Å². The van der Waals surface area contributed by atoms with Crippen LogP contribution in [0, 0.1) is 3.70 Å². The number of fused-ring (bicyclic) bond motifs is 1. The Balaban J connectivity index is 0.000000214. The SMILES string of the molecule is Ic1nn(C2CCCCO2)c2ccc(OCCCN(Cc3ccccc3)Cc3ccccc3)cc12.O=S(=O)(O)CCCCN(Cc1ccccc1)Cc1ccccc1. The molecule has 9 nitrogen and oxygen atoms in total. The van der Waals surface area contributed by atoms with E-state index in [0.717, 1.165) is 91.9 Å². The number of aromatic nitrogens is 2. The van der Waals surface area contributed by atoms with Crippen LogP contribution in [-0.4, -0.2) is 64.6 Å². The molecule has 0 spiro atoms. The molecule has 5 aromatic carbocycles. The van der Waals surface area contributed by atoms with Gasteiger partial charge in [-0.25, -0.2) is 4.68 Å². The monoisotopic (exact) mass is 914 g/mol. The molecular weight excluding hydrogens is 860 g/mol. The van der Waals surface area contributed by atoms with E-state index in [1.54, 1.807) is 0 Å². The Morgan fingerprint density at radius 2 is 1.19 bits per heavy atom. The number of rotatable bonds is 19. The van der Waals surface area contributed by atoms with Crippen molar-refractivity contribution >= 4 is 43.6 Å². The summed E-state index contributed by atoms with van der Waals surface area (Å²) in [4.78, 5) is 4.79. The lowest BCUT2D eigenvalue weighted by Crippen LogP contribution is -2.25. The number of benzene rings is 5. The summed E-state index contributed by atoms with van der Waals surface area (Å²) in [5, 5.41) is 5.90. The number of hydrogen-bond donors (Lipinski definition) is 1. The van der Waals surface area contributed by atoms with Crippen LogP contribution >= 0.6 is 22.6 Å². The molecule has 2 heterocycles. The highest BCUT2D eigenvalue weighted by molar-refractivity contribution is 14.1. The van der Waals surface area contributed by atoms with Crippen molar-refractivity contribution in [2.24, 2.45) is 0 Å². The molecular formula is C47H55IN4O5S. The summed E-state index contributed by atoms with van der Waals surface area (Å²) >= 11 is 2.32. The van der Waals surface area contributed by atoms with Gasteiger partial charge in [0.25, 0.3) is 10.1 Å². The van der Waals surface area contributed by atoms with Gasteiger partial charge in [-0.1, -0.05) is 121 Å². The summed E-state index contributed by atoms with van der Waals surface area (Å²) in [5.74, 6) is 0.731. The largest absolute Gasteiger partial charge is 0.494 e. The van der Waals surface area contributed by atoms with Gasteiger partial charge in [-0.2, -0.15) is 13.5 Å². The Labute approximate surface area is 357 Å². The van der Waals surface area contributed by atoms with Crippen LogP contribution < -0.4 is 4.74 Å². The lowest BCUT2D eigenvalue weighted by molar-refractivity contribution is -0.0368. The molecule has 1 aliphatic heterocycles. The second-order valence-electron chi connectivity index (χ2n) is 14.8. The first-order valence-corrected chi connectivity index (χ1v) is 23.0. The average molecular weight is 915 g/mol. The lowest BCUT2D eigenvalue weighted by Gasteiger charge is -2.23. The number of nitrogens with zero attached hydrogens (tertiary/aromatic N) is 4. The van der Waals surface area contributed by atoms with Gasteiger partial charge in [0.15, 0.2) is 6.23 Å². The van der Waals surface area contributed by atoms with E-state index in [-0.39, 0.29) is 12.0 Å². The van der Waals surface area contributed by atoms with Crippen LogP contribution in [0.3, 0.4) is 0 Å². The maximum atomic E-state index is 10.8. The van der Waals surface area contributed by atoms with Crippen LogP contribution in [0.4, 0.5) is 0 Å². The Morgan fingerprint density at radius 1 is 0.690 bits per heavy atom. The third-order valence-corrected chi connectivity index (χ3v) is 11.7. The number of halogens is 1. The van der Waals surface area contributed by atoms with Crippen LogP contribution in [0.5, 0.6) is 5.75 Å². The minimum absolute atomic E-state index is 0.0433. The summed E-state index contributed by atoms with van der Waals surface area (Å²) in [5.41, 5.74) is 6.26. The second kappa shape index (κ2) is 22.9. The highest BCUT2D eigenvalue weighted by Gasteiger charge is 2.21. The normalized spacial score (nSPS) is 14.4. The molecule has 58 heavy (non-hydrogen) atoms. The molecule has 1 unspecified atom stereocenters. The first-order valence-electron chi connectivity index (χ1n) is 20.3. The van der Waals surface area contributed by atoms with Crippen molar-refractivity contribution in [1.82, 2.24) is 19.6 Å². The number of hydrogen-bond acceptors (Lipinski definition) is 7. The van der Waals surface area contributed by atoms with Crippen molar-refractivity contribution in [2.45, 2.75) is 70.9 Å². The van der Waals surface area contributed by atoms with E-state index < -0.39 is 10.1 Å². The van der Waals surface area contributed by atoms with Crippen molar-refractivity contribution in [3.63, 3.8) is 0 Å². The van der Waals surface area contributed by atoms with Crippen molar-refractivity contribution in [2.75, 3.05) is 32.1 Å². The molecule has 1 atom stereocenters. The van der Waals surface area contributed by atoms with Gasteiger partial charge in [-0.3, -0.25) is 14.4 Å². The zero-order valence-electron chi connectivity index (χ0n) is 33.1. The number of unbranched alkanes of at least 4 members (excludes halogenated alkanes) is 1. The van der Waals surface area contributed by atoms with Gasteiger partial charge in [-0.05, 0) is 108 Å². The van der Waals surface area contributed by atoms with E-state index in [9.17, 15) is 8.42 Å². The molecule has 0 saturated carbocycles. The maximum absolute atomic E-state index is 10.8. The van der Waals surface area contributed by atoms with Crippen molar-refractivity contribution in [3.05, 3.63) is 165 Å². The molecule has 1 aromatic heterocycles. The van der Waals surface area contributed by atoms with Crippen molar-refractivity contribution < 1.29 is 22.4 Å². The zero-order chi connectivity index (χ0) is 40.4. The first kappa shape index (κ1) is 43.5. The van der Waals surface area contributed by atoms with Gasteiger partial charge >= 0.3 is 0 Å². The van der Waals surface area contributed by atoms with Crippen LogP contribution in [-0.2, 0) is 41.0 Å². The van der Waals surface area contributed by atoms with Gasteiger partial charge in [0.1, 0.15) is 9.45 Å². The minimum atomic E-state index is -3.86. The van der Waals surface area contributed by atoms with Crippen molar-refractivity contribution in [1.29, 1.82) is 0 Å². The summed E-state index contributed by atoms with van der Waals surface area (Å²) < 4.78 is 45.6. The van der Waals surface area contributed by atoms with Gasteiger partial charge in [0.2, 0.25) is 0 Å². The van der Waals surface area contributed by atoms with E-state index in [2.05, 4.69) is 136 Å². The number of ether oxygens (including phenoxy) is 2. The minimum Gasteiger partial charge on any atom is -0.494 e. The van der Waals surface area contributed by atoms with Gasteiger partial charge in [0.05, 0.1) is 17.9 Å². The molecule has 1 aliphatic rings. The third-order valence-electron chi connectivity index (χ3n) is 10.1. The molecule has 306 valence electrons. The Morgan fingerprint density at radius 3 is 1.66 bits per heavy atom. The average Bonchev–Trinajstić information content (AvgIpc) is 3.58. The lowest BCUT2D eigenvalue weighted by atomic mass is 10.1. The van der Waals surface area contributed by atoms with E-state index >= 15 is 0 Å². The smallest absolute Gasteiger partial charge is 0.264 e. The Bertz CT molecular complexity index is 2100. The molecule has 0 bridgehead atoms. The molecule has 0 amide bonds. The molecule has 1 fully saturated rings. The summed E-state index contributed by atoms with van der Waals surface area (Å²) in [6.45, 7) is 6.77. The molecule has 0 aliphatic carbocycles. The highest BCUT2D eigenvalue weighted by Crippen LogP contribution is 2.31. The van der Waals surface area contributed by atoms with Crippen LogP contribution in [0.25, 0.3) is 10.9 Å². The standard InChI is InChI=1S/C29H32IN3O2.C18H23NO3S/c30-29-26-20-25(15-16-27(26)33(31-29)28-14-7-8-18-35-28)34-19-9-17-32(21-23-10-3-1-4-11-23)22-24-12-5-2-6-13-24;20-23(21,22)14-8-7-13-19(15-17-9-3-1-4-10-17)16-18-11-5-2-6-12-18/h1-6,10-13,15-16,20,28H,7-9,14,17-19,21-22H2;1-6,9-12H,7-8,13-16H2,(H,20,21,22). The fourth-order valence-corrected chi connectivity index (χ4v) is 8.43. The Hall–Kier alpha value is -4.11. The van der Waals surface area contributed by atoms with Crippen LogP contribution in [0.1, 0.15) is 67.0 Å². The third kappa shape index (κ3) is 14.6. The molecule has 0 radical (unpaired) electrons. The van der Waals surface area contributed by atoms with Gasteiger partial charge < -0.3 is 9.47 Å². The van der Waals surface area contributed by atoms with E-state index in [1.807, 2.05) is 41.1 Å². The van der Waals surface area contributed by atoms with E-state index in [0.29, 0.717) is 13.0 Å². The topological polar surface area (TPSA) is 97.1 Å². The maximum Gasteiger partial charge on any atom is 0.264 e. The quantitative estimate of drug-likeness (QED) is 0.0488. The zero-order valence-corrected chi connectivity index (χ0v) is 36.1. The predicted octanol–water partition coefficient (Wildman–Crippen LogP) is 10.2.